The van der Waals surface area contributed by atoms with Crippen molar-refractivity contribution < 1.29 is 13.5 Å². The Morgan fingerprint density at radius 1 is 1.29 bits per heavy atom. The van der Waals surface area contributed by atoms with Crippen molar-refractivity contribution in [1.82, 2.24) is 0 Å². The molecule has 0 spiro atoms. The van der Waals surface area contributed by atoms with Crippen LogP contribution in [0.1, 0.15) is 0 Å². The summed E-state index contributed by atoms with van der Waals surface area (Å²) < 4.78 is 30.5. The molecule has 0 atom stereocenters. The van der Waals surface area contributed by atoms with E-state index in [4.69, 9.17) is 10.5 Å². The smallest absolute Gasteiger partial charge is 0.144 e. The van der Waals surface area contributed by atoms with Crippen LogP contribution in [0.5, 0.6) is 5.75 Å². The molecular formula is C8H9BrClF2NO. The number of benzene rings is 1. The molecule has 80 valence electrons. The molecule has 0 saturated heterocycles. The van der Waals surface area contributed by atoms with Crippen LogP contribution in [0.2, 0.25) is 0 Å². The molecule has 0 aliphatic carbocycles. The third-order valence-corrected chi connectivity index (χ3v) is 2.10. The Bertz CT molecular complexity index is 288. The molecule has 2 N–H and O–H groups in total. The first-order chi connectivity index (χ1) is 6.15. The molecule has 0 aliphatic heterocycles. The van der Waals surface area contributed by atoms with Gasteiger partial charge in [-0.05, 0) is 15.9 Å². The molecule has 0 bridgehead atoms. The standard InChI is InChI=1S/C8H8BrF2NO.ClH/c9-8-6(10)3-5(4-7(8)11)13-2-1-12;/h3-4H,1-2,12H2;1H. The number of ether oxygens (including phenoxy) is 1. The van der Waals surface area contributed by atoms with Gasteiger partial charge < -0.3 is 10.5 Å². The summed E-state index contributed by atoms with van der Waals surface area (Å²) in [6.45, 7) is 0.541. The summed E-state index contributed by atoms with van der Waals surface area (Å²) in [5.74, 6) is -1.23. The third-order valence-electron chi connectivity index (χ3n) is 1.34. The quantitative estimate of drug-likeness (QED) is 0.867. The Labute approximate surface area is 95.0 Å². The van der Waals surface area contributed by atoms with Gasteiger partial charge in [-0.2, -0.15) is 0 Å². The van der Waals surface area contributed by atoms with Gasteiger partial charge in [-0.15, -0.1) is 12.4 Å². The lowest BCUT2D eigenvalue weighted by molar-refractivity contribution is 0.324. The van der Waals surface area contributed by atoms with Crippen molar-refractivity contribution >= 4 is 28.3 Å². The van der Waals surface area contributed by atoms with Gasteiger partial charge in [0, 0.05) is 18.7 Å². The maximum Gasteiger partial charge on any atom is 0.144 e. The second kappa shape index (κ2) is 6.16. The fourth-order valence-corrected chi connectivity index (χ4v) is 1.02. The number of halogens is 4. The van der Waals surface area contributed by atoms with E-state index in [-0.39, 0.29) is 29.2 Å². The van der Waals surface area contributed by atoms with Crippen molar-refractivity contribution in [3.63, 3.8) is 0 Å². The number of hydrogen-bond acceptors (Lipinski definition) is 2. The summed E-state index contributed by atoms with van der Waals surface area (Å²) >= 11 is 2.75. The molecule has 0 heterocycles. The Morgan fingerprint density at radius 2 is 1.79 bits per heavy atom. The summed E-state index contributed by atoms with van der Waals surface area (Å²) in [6.07, 6.45) is 0. The minimum absolute atomic E-state index is 0. The molecule has 0 unspecified atom stereocenters. The first-order valence-corrected chi connectivity index (χ1v) is 4.42. The lowest BCUT2D eigenvalue weighted by atomic mass is 10.3. The maximum absolute atomic E-state index is 12.9. The number of rotatable bonds is 3. The van der Waals surface area contributed by atoms with E-state index in [0.717, 1.165) is 12.1 Å². The van der Waals surface area contributed by atoms with E-state index in [1.807, 2.05) is 0 Å². The molecule has 0 radical (unpaired) electrons. The first kappa shape index (κ1) is 13.6. The van der Waals surface area contributed by atoms with Crippen molar-refractivity contribution in [2.24, 2.45) is 5.73 Å². The van der Waals surface area contributed by atoms with Gasteiger partial charge in [0.05, 0.1) is 4.47 Å². The molecule has 0 amide bonds. The summed E-state index contributed by atoms with van der Waals surface area (Å²) in [7, 11) is 0. The monoisotopic (exact) mass is 287 g/mol. The zero-order valence-electron chi connectivity index (χ0n) is 7.10. The molecule has 1 aromatic carbocycles. The van der Waals surface area contributed by atoms with Crippen LogP contribution in [0.4, 0.5) is 8.78 Å². The van der Waals surface area contributed by atoms with Crippen molar-refractivity contribution in [3.8, 4) is 5.75 Å². The minimum Gasteiger partial charge on any atom is -0.492 e. The number of hydrogen-bond donors (Lipinski definition) is 1. The second-order valence-electron chi connectivity index (χ2n) is 2.34. The first-order valence-electron chi connectivity index (χ1n) is 3.62. The summed E-state index contributed by atoms with van der Waals surface area (Å²) in [5, 5.41) is 0. The van der Waals surface area contributed by atoms with Gasteiger partial charge in [0.1, 0.15) is 24.0 Å². The lowest BCUT2D eigenvalue weighted by Crippen LogP contribution is -2.10. The van der Waals surface area contributed by atoms with Crippen LogP contribution in [0, 0.1) is 11.6 Å². The van der Waals surface area contributed by atoms with Crippen molar-refractivity contribution in [3.05, 3.63) is 28.2 Å². The molecule has 1 aromatic rings. The van der Waals surface area contributed by atoms with Gasteiger partial charge in [0.25, 0.3) is 0 Å². The van der Waals surface area contributed by atoms with E-state index in [1.54, 1.807) is 0 Å². The topological polar surface area (TPSA) is 35.2 Å². The molecule has 2 nitrogen and oxygen atoms in total. The zero-order valence-corrected chi connectivity index (χ0v) is 9.50. The average molecular weight is 289 g/mol. The van der Waals surface area contributed by atoms with Crippen LogP contribution in [-0.2, 0) is 0 Å². The van der Waals surface area contributed by atoms with Crippen molar-refractivity contribution in [2.75, 3.05) is 13.2 Å². The Kier molecular flexibility index (Phi) is 5.99. The van der Waals surface area contributed by atoms with Gasteiger partial charge in [-0.3, -0.25) is 0 Å². The highest BCUT2D eigenvalue weighted by Gasteiger charge is 2.08. The van der Waals surface area contributed by atoms with Crippen LogP contribution in [-0.4, -0.2) is 13.2 Å². The van der Waals surface area contributed by atoms with Crippen molar-refractivity contribution in [2.45, 2.75) is 0 Å². The van der Waals surface area contributed by atoms with Gasteiger partial charge in [-0.1, -0.05) is 0 Å². The van der Waals surface area contributed by atoms with Crippen LogP contribution < -0.4 is 10.5 Å². The van der Waals surface area contributed by atoms with Gasteiger partial charge in [0.15, 0.2) is 0 Å². The van der Waals surface area contributed by atoms with Crippen LogP contribution in [0.15, 0.2) is 16.6 Å². The summed E-state index contributed by atoms with van der Waals surface area (Å²) in [6, 6.07) is 2.20. The maximum atomic E-state index is 12.9. The fraction of sp³-hybridized carbons (Fsp3) is 0.250. The van der Waals surface area contributed by atoms with Crippen LogP contribution in [0.3, 0.4) is 0 Å². The second-order valence-corrected chi connectivity index (χ2v) is 3.13. The normalized spacial score (nSPS) is 9.43. The largest absolute Gasteiger partial charge is 0.492 e. The van der Waals surface area contributed by atoms with Gasteiger partial charge >= 0.3 is 0 Å². The SMILES string of the molecule is Cl.NCCOc1cc(F)c(Br)c(F)c1. The molecule has 0 aliphatic rings. The van der Waals surface area contributed by atoms with E-state index in [9.17, 15) is 8.78 Å². The van der Waals surface area contributed by atoms with E-state index in [1.165, 1.54) is 0 Å². The Hall–Kier alpha value is -0.390. The summed E-state index contributed by atoms with van der Waals surface area (Å²) in [5.41, 5.74) is 5.16. The van der Waals surface area contributed by atoms with E-state index >= 15 is 0 Å². The molecule has 6 heteroatoms. The Balaban J connectivity index is 0.00000169. The fourth-order valence-electron chi connectivity index (χ4n) is 0.792. The molecular weight excluding hydrogens is 279 g/mol. The predicted octanol–water partition coefficient (Wildman–Crippen LogP) is 2.49. The number of nitrogens with two attached hydrogens (primary N) is 1. The molecule has 14 heavy (non-hydrogen) atoms. The van der Waals surface area contributed by atoms with Gasteiger partial charge in [-0.25, -0.2) is 8.78 Å². The third kappa shape index (κ3) is 3.40. The molecule has 1 rings (SSSR count). The summed E-state index contributed by atoms with van der Waals surface area (Å²) in [4.78, 5) is 0. The molecule has 0 fully saturated rings. The predicted molar refractivity (Wildman–Crippen MR) is 55.9 cm³/mol. The highest BCUT2D eigenvalue weighted by molar-refractivity contribution is 9.10. The van der Waals surface area contributed by atoms with E-state index < -0.39 is 11.6 Å². The molecule has 0 aromatic heterocycles. The van der Waals surface area contributed by atoms with E-state index in [0.29, 0.717) is 6.54 Å². The average Bonchev–Trinajstić information content (AvgIpc) is 2.10. The highest BCUT2D eigenvalue weighted by Crippen LogP contribution is 2.24. The van der Waals surface area contributed by atoms with Gasteiger partial charge in [0.2, 0.25) is 0 Å². The van der Waals surface area contributed by atoms with E-state index in [2.05, 4.69) is 15.9 Å². The molecule has 0 saturated carbocycles. The zero-order chi connectivity index (χ0) is 9.84. The highest BCUT2D eigenvalue weighted by atomic mass is 79.9. The van der Waals surface area contributed by atoms with Crippen molar-refractivity contribution in [1.29, 1.82) is 0 Å². The van der Waals surface area contributed by atoms with Crippen LogP contribution in [0.25, 0.3) is 0 Å². The Morgan fingerprint density at radius 3 is 2.21 bits per heavy atom. The minimum atomic E-state index is -0.688. The van der Waals surface area contributed by atoms with Crippen LogP contribution >= 0.6 is 28.3 Å². The lowest BCUT2D eigenvalue weighted by Gasteiger charge is -2.05.